The summed E-state index contributed by atoms with van der Waals surface area (Å²) in [6.45, 7) is 8.50. The van der Waals surface area contributed by atoms with Crippen LogP contribution in [0.3, 0.4) is 0 Å². The van der Waals surface area contributed by atoms with Crippen LogP contribution < -0.4 is 9.64 Å². The largest absolute Gasteiger partial charge is 0.492 e. The van der Waals surface area contributed by atoms with E-state index < -0.39 is 0 Å². The van der Waals surface area contributed by atoms with Crippen LogP contribution in [0.1, 0.15) is 38.7 Å². The maximum Gasteiger partial charge on any atom is 0.119 e. The number of benzene rings is 2. The van der Waals surface area contributed by atoms with E-state index in [1.165, 1.54) is 11.3 Å². The van der Waals surface area contributed by atoms with E-state index in [0.717, 1.165) is 23.7 Å². The molecule has 0 radical (unpaired) electrons. The average Bonchev–Trinajstić information content (AvgIpc) is 2.52. The molecule has 0 saturated carbocycles. The lowest BCUT2D eigenvalue weighted by molar-refractivity contribution is 0.294. The Balaban J connectivity index is 1.73. The number of hydrogen-bond acceptors (Lipinski definition) is 2. The third-order valence-electron chi connectivity index (χ3n) is 4.69. The molecule has 3 heteroatoms. The number of hydrogen-bond donors (Lipinski definition) is 0. The first-order chi connectivity index (χ1) is 11.0. The molecule has 2 aromatic carbocycles. The van der Waals surface area contributed by atoms with Gasteiger partial charge in [-0.1, -0.05) is 36.7 Å². The highest BCUT2D eigenvalue weighted by Gasteiger charge is 2.35. The maximum absolute atomic E-state index is 5.91. The van der Waals surface area contributed by atoms with Crippen LogP contribution in [0.2, 0.25) is 5.02 Å². The van der Waals surface area contributed by atoms with Crippen molar-refractivity contribution in [3.05, 3.63) is 59.1 Å². The number of halogens is 1. The van der Waals surface area contributed by atoms with Gasteiger partial charge in [0.05, 0.1) is 6.54 Å². The molecule has 23 heavy (non-hydrogen) atoms. The standard InChI is InChI=1S/C20H24ClNO/c1-15-14-20(2,3)22(19-7-5-4-6-18(15)19)12-13-23-17-10-8-16(21)9-11-17/h4-11,15H,12-14H2,1-3H3. The lowest BCUT2D eigenvalue weighted by atomic mass is 9.80. The third kappa shape index (κ3) is 3.48. The van der Waals surface area contributed by atoms with Crippen LogP contribution in [0.15, 0.2) is 48.5 Å². The van der Waals surface area contributed by atoms with Gasteiger partial charge >= 0.3 is 0 Å². The van der Waals surface area contributed by atoms with Gasteiger partial charge in [-0.15, -0.1) is 0 Å². The summed E-state index contributed by atoms with van der Waals surface area (Å²) in [4.78, 5) is 2.48. The first-order valence-electron chi connectivity index (χ1n) is 8.22. The molecular weight excluding hydrogens is 306 g/mol. The smallest absolute Gasteiger partial charge is 0.119 e. The normalized spacial score (nSPS) is 19.3. The molecule has 2 aromatic rings. The first kappa shape index (κ1) is 16.2. The summed E-state index contributed by atoms with van der Waals surface area (Å²) in [7, 11) is 0. The summed E-state index contributed by atoms with van der Waals surface area (Å²) in [6, 6.07) is 16.3. The van der Waals surface area contributed by atoms with Gasteiger partial charge in [0, 0.05) is 16.2 Å². The van der Waals surface area contributed by atoms with E-state index in [0.29, 0.717) is 12.5 Å². The maximum atomic E-state index is 5.91. The van der Waals surface area contributed by atoms with Crippen molar-refractivity contribution >= 4 is 17.3 Å². The van der Waals surface area contributed by atoms with Gasteiger partial charge in [0.25, 0.3) is 0 Å². The molecule has 2 nitrogen and oxygen atoms in total. The number of ether oxygens (including phenoxy) is 1. The SMILES string of the molecule is CC1CC(C)(C)N(CCOc2ccc(Cl)cc2)c2ccccc21. The number of para-hydroxylation sites is 1. The summed E-state index contributed by atoms with van der Waals surface area (Å²) in [6.07, 6.45) is 1.16. The van der Waals surface area contributed by atoms with Crippen LogP contribution in [0.5, 0.6) is 5.75 Å². The quantitative estimate of drug-likeness (QED) is 0.733. The van der Waals surface area contributed by atoms with Crippen LogP contribution in [0, 0.1) is 0 Å². The third-order valence-corrected chi connectivity index (χ3v) is 4.94. The minimum Gasteiger partial charge on any atom is -0.492 e. The molecule has 122 valence electrons. The summed E-state index contributed by atoms with van der Waals surface area (Å²) in [5, 5.41) is 0.734. The van der Waals surface area contributed by atoms with Crippen LogP contribution in [-0.2, 0) is 0 Å². The molecule has 0 amide bonds. The fraction of sp³-hybridized carbons (Fsp3) is 0.400. The second kappa shape index (κ2) is 6.45. The average molecular weight is 330 g/mol. The molecule has 1 unspecified atom stereocenters. The zero-order chi connectivity index (χ0) is 16.4. The fourth-order valence-corrected chi connectivity index (χ4v) is 3.78. The van der Waals surface area contributed by atoms with Crippen molar-refractivity contribution in [2.75, 3.05) is 18.1 Å². The number of fused-ring (bicyclic) bond motifs is 1. The Labute approximate surface area is 144 Å². The molecule has 0 spiro atoms. The van der Waals surface area contributed by atoms with Gasteiger partial charge in [0.1, 0.15) is 12.4 Å². The Hall–Kier alpha value is -1.67. The van der Waals surface area contributed by atoms with Gasteiger partial charge in [0.15, 0.2) is 0 Å². The molecule has 0 N–H and O–H groups in total. The van der Waals surface area contributed by atoms with Crippen molar-refractivity contribution in [1.82, 2.24) is 0 Å². The molecule has 0 aromatic heterocycles. The number of nitrogens with zero attached hydrogens (tertiary/aromatic N) is 1. The van der Waals surface area contributed by atoms with Gasteiger partial charge in [-0.25, -0.2) is 0 Å². The lowest BCUT2D eigenvalue weighted by Gasteiger charge is -2.47. The van der Waals surface area contributed by atoms with Crippen molar-refractivity contribution in [2.45, 2.75) is 38.6 Å². The highest BCUT2D eigenvalue weighted by Crippen LogP contribution is 2.42. The first-order valence-corrected chi connectivity index (χ1v) is 8.60. The fourth-order valence-electron chi connectivity index (χ4n) is 3.65. The van der Waals surface area contributed by atoms with Crippen molar-refractivity contribution in [3.63, 3.8) is 0 Å². The summed E-state index contributed by atoms with van der Waals surface area (Å²) < 4.78 is 5.90. The molecule has 0 saturated heterocycles. The summed E-state index contributed by atoms with van der Waals surface area (Å²) in [5.41, 5.74) is 2.92. The lowest BCUT2D eigenvalue weighted by Crippen LogP contribution is -2.50. The molecule has 1 atom stereocenters. The second-order valence-electron chi connectivity index (χ2n) is 6.93. The Morgan fingerprint density at radius 1 is 1.13 bits per heavy atom. The zero-order valence-corrected chi connectivity index (χ0v) is 14.8. The van der Waals surface area contributed by atoms with E-state index in [-0.39, 0.29) is 5.54 Å². The minimum atomic E-state index is 0.136. The Bertz CT molecular complexity index is 666. The predicted octanol–water partition coefficient (Wildman–Crippen LogP) is 5.51. The van der Waals surface area contributed by atoms with E-state index in [1.54, 1.807) is 0 Å². The van der Waals surface area contributed by atoms with Gasteiger partial charge in [-0.05, 0) is 62.1 Å². The highest BCUT2D eigenvalue weighted by atomic mass is 35.5. The monoisotopic (exact) mass is 329 g/mol. The number of anilines is 1. The Morgan fingerprint density at radius 2 is 1.83 bits per heavy atom. The van der Waals surface area contributed by atoms with Crippen molar-refractivity contribution in [1.29, 1.82) is 0 Å². The summed E-state index contributed by atoms with van der Waals surface area (Å²) >= 11 is 5.91. The van der Waals surface area contributed by atoms with Crippen LogP contribution in [-0.4, -0.2) is 18.7 Å². The van der Waals surface area contributed by atoms with E-state index >= 15 is 0 Å². The molecular formula is C20H24ClNO. The zero-order valence-electron chi connectivity index (χ0n) is 14.1. The molecule has 0 aliphatic carbocycles. The Kier molecular flexibility index (Phi) is 4.54. The molecule has 0 bridgehead atoms. The van der Waals surface area contributed by atoms with Crippen LogP contribution in [0.25, 0.3) is 0 Å². The predicted molar refractivity (Wildman–Crippen MR) is 97.8 cm³/mol. The highest BCUT2D eigenvalue weighted by molar-refractivity contribution is 6.30. The van der Waals surface area contributed by atoms with E-state index in [1.807, 2.05) is 24.3 Å². The van der Waals surface area contributed by atoms with Crippen LogP contribution >= 0.6 is 11.6 Å². The van der Waals surface area contributed by atoms with E-state index in [4.69, 9.17) is 16.3 Å². The topological polar surface area (TPSA) is 12.5 Å². The van der Waals surface area contributed by atoms with Crippen LogP contribution in [0.4, 0.5) is 5.69 Å². The molecule has 0 fully saturated rings. The Morgan fingerprint density at radius 3 is 2.57 bits per heavy atom. The molecule has 1 aliphatic rings. The second-order valence-corrected chi connectivity index (χ2v) is 7.37. The molecule has 3 rings (SSSR count). The van der Waals surface area contributed by atoms with Crippen molar-refractivity contribution in [2.24, 2.45) is 0 Å². The number of rotatable bonds is 4. The van der Waals surface area contributed by atoms with Gasteiger partial charge in [0.2, 0.25) is 0 Å². The van der Waals surface area contributed by atoms with Crippen molar-refractivity contribution < 1.29 is 4.74 Å². The van der Waals surface area contributed by atoms with Gasteiger partial charge < -0.3 is 9.64 Å². The molecule has 1 aliphatic heterocycles. The van der Waals surface area contributed by atoms with E-state index in [9.17, 15) is 0 Å². The summed E-state index contributed by atoms with van der Waals surface area (Å²) in [5.74, 6) is 1.46. The minimum absolute atomic E-state index is 0.136. The van der Waals surface area contributed by atoms with E-state index in [2.05, 4.69) is 49.9 Å². The molecule has 1 heterocycles. The van der Waals surface area contributed by atoms with Gasteiger partial charge in [-0.2, -0.15) is 0 Å². The van der Waals surface area contributed by atoms with Crippen molar-refractivity contribution in [3.8, 4) is 5.75 Å². The van der Waals surface area contributed by atoms with Gasteiger partial charge in [-0.3, -0.25) is 0 Å².